The number of aldehydes is 1. The number of nitriles is 1. The Morgan fingerprint density at radius 1 is 1.58 bits per heavy atom. The molecule has 0 radical (unpaired) electrons. The molecule has 12 heavy (non-hydrogen) atoms. The van der Waals surface area contributed by atoms with Gasteiger partial charge in [0.25, 0.3) is 0 Å². The van der Waals surface area contributed by atoms with Crippen molar-refractivity contribution in [3.05, 3.63) is 35.4 Å². The molecule has 0 spiro atoms. The third-order valence-corrected chi connectivity index (χ3v) is 1.74. The summed E-state index contributed by atoms with van der Waals surface area (Å²) in [7, 11) is 0. The van der Waals surface area contributed by atoms with E-state index in [1.54, 1.807) is 18.2 Å². The molecule has 0 N–H and O–H groups in total. The Balaban J connectivity index is 3.03. The zero-order valence-electron chi connectivity index (χ0n) is 6.82. The average Bonchev–Trinajstić information content (AvgIpc) is 2.17. The number of carbonyl (C=O) groups excluding carboxylic acids is 1. The molecule has 0 aliphatic heterocycles. The van der Waals surface area contributed by atoms with Crippen LogP contribution in [0.4, 0.5) is 0 Å². The molecule has 0 saturated carbocycles. The van der Waals surface area contributed by atoms with Gasteiger partial charge < -0.3 is 0 Å². The Morgan fingerprint density at radius 2 is 2.33 bits per heavy atom. The van der Waals surface area contributed by atoms with Crippen LogP contribution in [-0.4, -0.2) is 6.29 Å². The molecule has 60 valence electrons. The predicted molar refractivity (Wildman–Crippen MR) is 45.9 cm³/mol. The lowest BCUT2D eigenvalue weighted by molar-refractivity contribution is 0.112. The van der Waals surface area contributed by atoms with Crippen molar-refractivity contribution in [2.24, 2.45) is 0 Å². The van der Waals surface area contributed by atoms with Crippen molar-refractivity contribution in [1.29, 1.82) is 5.26 Å². The van der Waals surface area contributed by atoms with Crippen LogP contribution in [0.3, 0.4) is 0 Å². The molecule has 2 heteroatoms. The molecule has 1 atom stereocenters. The van der Waals surface area contributed by atoms with Gasteiger partial charge in [-0.1, -0.05) is 18.2 Å². The van der Waals surface area contributed by atoms with Gasteiger partial charge in [0.05, 0.1) is 12.0 Å². The van der Waals surface area contributed by atoms with Gasteiger partial charge >= 0.3 is 0 Å². The second-order valence-electron chi connectivity index (χ2n) is 2.64. The van der Waals surface area contributed by atoms with Crippen molar-refractivity contribution in [2.75, 3.05) is 0 Å². The zero-order chi connectivity index (χ0) is 8.97. The summed E-state index contributed by atoms with van der Waals surface area (Å²) in [5.74, 6) is -0.148. The smallest absolute Gasteiger partial charge is 0.150 e. The molecule has 0 aromatic heterocycles. The van der Waals surface area contributed by atoms with Gasteiger partial charge in [-0.05, 0) is 18.6 Å². The summed E-state index contributed by atoms with van der Waals surface area (Å²) < 4.78 is 0. The molecule has 0 aliphatic rings. The highest BCUT2D eigenvalue weighted by atomic mass is 16.1. The molecule has 0 fully saturated rings. The number of rotatable bonds is 2. The fourth-order valence-corrected chi connectivity index (χ4v) is 0.976. The van der Waals surface area contributed by atoms with Crippen LogP contribution in [0.25, 0.3) is 0 Å². The largest absolute Gasteiger partial charge is 0.298 e. The van der Waals surface area contributed by atoms with Crippen LogP contribution in [0.15, 0.2) is 24.3 Å². The Bertz CT molecular complexity index is 325. The Labute approximate surface area is 71.4 Å². The van der Waals surface area contributed by atoms with Crippen molar-refractivity contribution in [2.45, 2.75) is 12.8 Å². The molecule has 0 amide bonds. The number of carbonyl (C=O) groups is 1. The van der Waals surface area contributed by atoms with Crippen molar-refractivity contribution in [1.82, 2.24) is 0 Å². The van der Waals surface area contributed by atoms with Crippen LogP contribution in [-0.2, 0) is 0 Å². The van der Waals surface area contributed by atoms with Gasteiger partial charge in [0, 0.05) is 5.56 Å². The predicted octanol–water partition coefficient (Wildman–Crippen LogP) is 2.13. The number of benzene rings is 1. The number of hydrogen-bond donors (Lipinski definition) is 0. The van der Waals surface area contributed by atoms with Gasteiger partial charge in [-0.15, -0.1) is 0 Å². The minimum Gasteiger partial charge on any atom is -0.298 e. The summed E-state index contributed by atoms with van der Waals surface area (Å²) >= 11 is 0. The fourth-order valence-electron chi connectivity index (χ4n) is 0.976. The van der Waals surface area contributed by atoms with E-state index in [2.05, 4.69) is 6.07 Å². The molecule has 1 rings (SSSR count). The highest BCUT2D eigenvalue weighted by Gasteiger charge is 2.02. The summed E-state index contributed by atoms with van der Waals surface area (Å²) in [5, 5.41) is 8.61. The lowest BCUT2D eigenvalue weighted by Gasteiger charge is -2.01. The third kappa shape index (κ3) is 1.70. The van der Waals surface area contributed by atoms with Crippen LogP contribution >= 0.6 is 0 Å². The van der Waals surface area contributed by atoms with Crippen LogP contribution < -0.4 is 0 Å². The SMILES string of the molecule is CC(C#N)c1cccc(C=O)c1. The molecule has 2 nitrogen and oxygen atoms in total. The van der Waals surface area contributed by atoms with Crippen LogP contribution in [0.2, 0.25) is 0 Å². The van der Waals surface area contributed by atoms with Crippen LogP contribution in [0, 0.1) is 11.3 Å². The van der Waals surface area contributed by atoms with E-state index in [0.717, 1.165) is 11.8 Å². The Morgan fingerprint density at radius 3 is 2.92 bits per heavy atom. The molecule has 0 saturated heterocycles. The van der Waals surface area contributed by atoms with Gasteiger partial charge in [-0.3, -0.25) is 4.79 Å². The standard InChI is InChI=1S/C10H9NO/c1-8(6-11)10-4-2-3-9(5-10)7-12/h2-5,7-8H,1H3. The van der Waals surface area contributed by atoms with Gasteiger partial charge in [0.2, 0.25) is 0 Å². The van der Waals surface area contributed by atoms with E-state index in [1.165, 1.54) is 0 Å². The number of hydrogen-bond acceptors (Lipinski definition) is 2. The highest BCUT2D eigenvalue weighted by molar-refractivity contribution is 5.75. The molecule has 0 bridgehead atoms. The quantitative estimate of drug-likeness (QED) is 0.620. The van der Waals surface area contributed by atoms with Crippen molar-refractivity contribution in [3.63, 3.8) is 0 Å². The van der Waals surface area contributed by atoms with Gasteiger partial charge in [-0.2, -0.15) is 5.26 Å². The van der Waals surface area contributed by atoms with E-state index in [1.807, 2.05) is 13.0 Å². The van der Waals surface area contributed by atoms with Crippen molar-refractivity contribution >= 4 is 6.29 Å². The minimum atomic E-state index is -0.148. The first-order valence-corrected chi connectivity index (χ1v) is 3.72. The van der Waals surface area contributed by atoms with E-state index in [-0.39, 0.29) is 5.92 Å². The maximum Gasteiger partial charge on any atom is 0.150 e. The minimum absolute atomic E-state index is 0.148. The summed E-state index contributed by atoms with van der Waals surface area (Å²) in [6.45, 7) is 1.81. The van der Waals surface area contributed by atoms with Crippen molar-refractivity contribution < 1.29 is 4.79 Å². The van der Waals surface area contributed by atoms with E-state index < -0.39 is 0 Å². The monoisotopic (exact) mass is 159 g/mol. The first-order valence-electron chi connectivity index (χ1n) is 3.72. The maximum absolute atomic E-state index is 10.4. The first kappa shape index (κ1) is 8.48. The summed E-state index contributed by atoms with van der Waals surface area (Å²) in [5.41, 5.74) is 1.51. The second-order valence-corrected chi connectivity index (χ2v) is 2.64. The molecular weight excluding hydrogens is 150 g/mol. The Hall–Kier alpha value is -1.62. The summed E-state index contributed by atoms with van der Waals surface area (Å²) in [6, 6.07) is 9.21. The fraction of sp³-hybridized carbons (Fsp3) is 0.200. The third-order valence-electron chi connectivity index (χ3n) is 1.74. The van der Waals surface area contributed by atoms with E-state index in [0.29, 0.717) is 5.56 Å². The second kappa shape index (κ2) is 3.68. The Kier molecular flexibility index (Phi) is 2.60. The van der Waals surface area contributed by atoms with E-state index >= 15 is 0 Å². The highest BCUT2D eigenvalue weighted by Crippen LogP contribution is 2.14. The molecule has 1 aromatic carbocycles. The van der Waals surface area contributed by atoms with Gasteiger partial charge in [0.15, 0.2) is 0 Å². The lowest BCUT2D eigenvalue weighted by Crippen LogP contribution is -1.90. The van der Waals surface area contributed by atoms with Gasteiger partial charge in [0.1, 0.15) is 6.29 Å². The molecular formula is C10H9NO. The summed E-state index contributed by atoms with van der Waals surface area (Å²) in [6.07, 6.45) is 0.785. The van der Waals surface area contributed by atoms with Crippen LogP contribution in [0.1, 0.15) is 28.8 Å². The lowest BCUT2D eigenvalue weighted by atomic mass is 10.0. The number of nitrogens with zero attached hydrogens (tertiary/aromatic N) is 1. The zero-order valence-corrected chi connectivity index (χ0v) is 6.82. The molecule has 0 heterocycles. The molecule has 0 aliphatic carbocycles. The summed E-state index contributed by atoms with van der Waals surface area (Å²) in [4.78, 5) is 10.4. The van der Waals surface area contributed by atoms with E-state index in [9.17, 15) is 4.79 Å². The maximum atomic E-state index is 10.4. The van der Waals surface area contributed by atoms with Crippen LogP contribution in [0.5, 0.6) is 0 Å². The van der Waals surface area contributed by atoms with Crippen molar-refractivity contribution in [3.8, 4) is 6.07 Å². The van der Waals surface area contributed by atoms with E-state index in [4.69, 9.17) is 5.26 Å². The topological polar surface area (TPSA) is 40.9 Å². The normalized spacial score (nSPS) is 11.7. The molecule has 1 aromatic rings. The average molecular weight is 159 g/mol. The van der Waals surface area contributed by atoms with Gasteiger partial charge in [-0.25, -0.2) is 0 Å². The molecule has 1 unspecified atom stereocenters. The first-order chi connectivity index (χ1) is 5.77.